The van der Waals surface area contributed by atoms with Gasteiger partial charge in [-0.2, -0.15) is 0 Å². The van der Waals surface area contributed by atoms with Crippen molar-refractivity contribution in [2.24, 2.45) is 5.41 Å². The third kappa shape index (κ3) is 4.92. The standard InChI is InChI=1S/C24H31N5O3/c1-24(2,23(30)31)15-32-18-8-10-29(11-9-18)21-7-5-17(14-26-21)22-27-19-6-4-16(13-25-3)12-20(19)28-22/h4-7,12,14,18,25H,8-11,13,15H2,1-3H3,(H,27,28)(H,30,31). The molecule has 3 N–H and O–H groups in total. The Kier molecular flexibility index (Phi) is 6.43. The van der Waals surface area contributed by atoms with Crippen molar-refractivity contribution in [3.63, 3.8) is 0 Å². The molecule has 0 atom stereocenters. The highest BCUT2D eigenvalue weighted by molar-refractivity contribution is 5.80. The third-order valence-corrected chi connectivity index (χ3v) is 5.97. The van der Waals surface area contributed by atoms with Gasteiger partial charge in [0.1, 0.15) is 11.6 Å². The van der Waals surface area contributed by atoms with Gasteiger partial charge in [-0.1, -0.05) is 6.07 Å². The zero-order valence-electron chi connectivity index (χ0n) is 18.9. The van der Waals surface area contributed by atoms with Crippen LogP contribution in [0, 0.1) is 5.41 Å². The minimum Gasteiger partial charge on any atom is -0.481 e. The maximum Gasteiger partial charge on any atom is 0.311 e. The van der Waals surface area contributed by atoms with Crippen molar-refractivity contribution in [3.8, 4) is 11.4 Å². The van der Waals surface area contributed by atoms with E-state index in [-0.39, 0.29) is 12.7 Å². The number of carbonyl (C=O) groups is 1. The molecule has 0 bridgehead atoms. The van der Waals surface area contributed by atoms with Gasteiger partial charge in [0.15, 0.2) is 0 Å². The van der Waals surface area contributed by atoms with Crippen molar-refractivity contribution in [1.82, 2.24) is 20.3 Å². The summed E-state index contributed by atoms with van der Waals surface area (Å²) in [6, 6.07) is 10.3. The summed E-state index contributed by atoms with van der Waals surface area (Å²) in [4.78, 5) is 26.3. The molecule has 3 heterocycles. The Morgan fingerprint density at radius 2 is 2.06 bits per heavy atom. The second-order valence-electron chi connectivity index (χ2n) is 9.06. The Morgan fingerprint density at radius 1 is 1.28 bits per heavy atom. The molecule has 1 aliphatic rings. The lowest BCUT2D eigenvalue weighted by Crippen LogP contribution is -2.39. The zero-order chi connectivity index (χ0) is 22.7. The highest BCUT2D eigenvalue weighted by Gasteiger charge is 2.30. The summed E-state index contributed by atoms with van der Waals surface area (Å²) in [6.07, 6.45) is 3.67. The van der Waals surface area contributed by atoms with Crippen molar-refractivity contribution >= 4 is 22.8 Å². The van der Waals surface area contributed by atoms with E-state index in [1.165, 1.54) is 5.56 Å². The van der Waals surface area contributed by atoms with Gasteiger partial charge in [-0.05, 0) is 63.6 Å². The van der Waals surface area contributed by atoms with E-state index in [1.54, 1.807) is 13.8 Å². The minimum absolute atomic E-state index is 0.0903. The van der Waals surface area contributed by atoms with Crippen molar-refractivity contribution in [1.29, 1.82) is 0 Å². The number of pyridine rings is 1. The molecule has 0 radical (unpaired) electrons. The van der Waals surface area contributed by atoms with Crippen molar-refractivity contribution < 1.29 is 14.6 Å². The molecule has 0 amide bonds. The first-order valence-electron chi connectivity index (χ1n) is 11.1. The lowest BCUT2D eigenvalue weighted by Gasteiger charge is -2.34. The molecule has 4 rings (SSSR count). The Balaban J connectivity index is 1.36. The van der Waals surface area contributed by atoms with Crippen LogP contribution >= 0.6 is 0 Å². The number of nitrogens with one attached hydrogen (secondary N) is 2. The molecule has 1 fully saturated rings. The van der Waals surface area contributed by atoms with E-state index in [4.69, 9.17) is 9.72 Å². The van der Waals surface area contributed by atoms with Gasteiger partial charge in [0.05, 0.1) is 29.2 Å². The highest BCUT2D eigenvalue weighted by Crippen LogP contribution is 2.25. The first-order chi connectivity index (χ1) is 15.4. The number of H-pyrrole nitrogens is 1. The molecular weight excluding hydrogens is 406 g/mol. The van der Waals surface area contributed by atoms with Crippen LogP contribution in [0.4, 0.5) is 5.82 Å². The maximum absolute atomic E-state index is 11.2. The fraction of sp³-hybridized carbons (Fsp3) is 0.458. The molecule has 0 unspecified atom stereocenters. The monoisotopic (exact) mass is 437 g/mol. The first kappa shape index (κ1) is 22.2. The predicted molar refractivity (Wildman–Crippen MR) is 125 cm³/mol. The van der Waals surface area contributed by atoms with Crippen LogP contribution in [0.3, 0.4) is 0 Å². The van der Waals surface area contributed by atoms with E-state index in [2.05, 4.69) is 32.3 Å². The molecular formula is C24H31N5O3. The van der Waals surface area contributed by atoms with Gasteiger partial charge < -0.3 is 25.0 Å². The topological polar surface area (TPSA) is 103 Å². The number of benzene rings is 1. The molecule has 0 spiro atoms. The summed E-state index contributed by atoms with van der Waals surface area (Å²) >= 11 is 0. The molecule has 1 saturated heterocycles. The smallest absolute Gasteiger partial charge is 0.311 e. The van der Waals surface area contributed by atoms with Crippen LogP contribution in [0.5, 0.6) is 0 Å². The number of hydrogen-bond donors (Lipinski definition) is 3. The molecule has 3 aromatic rings. The minimum atomic E-state index is -0.861. The van der Waals surface area contributed by atoms with Crippen LogP contribution < -0.4 is 10.2 Å². The Morgan fingerprint density at radius 3 is 2.72 bits per heavy atom. The average Bonchev–Trinajstić information content (AvgIpc) is 3.22. The fourth-order valence-corrected chi connectivity index (χ4v) is 3.86. The maximum atomic E-state index is 11.2. The van der Waals surface area contributed by atoms with Gasteiger partial charge in [0.2, 0.25) is 0 Å². The Bertz CT molecular complexity index is 1070. The normalized spacial score (nSPS) is 15.4. The first-order valence-corrected chi connectivity index (χ1v) is 11.1. The van der Waals surface area contributed by atoms with E-state index in [0.29, 0.717) is 0 Å². The fourth-order valence-electron chi connectivity index (χ4n) is 3.86. The zero-order valence-corrected chi connectivity index (χ0v) is 18.9. The summed E-state index contributed by atoms with van der Waals surface area (Å²) in [5.74, 6) is 0.918. The summed E-state index contributed by atoms with van der Waals surface area (Å²) < 4.78 is 5.88. The summed E-state index contributed by atoms with van der Waals surface area (Å²) in [7, 11) is 1.94. The number of rotatable bonds is 8. The van der Waals surface area contributed by atoms with Crippen LogP contribution in [0.25, 0.3) is 22.4 Å². The van der Waals surface area contributed by atoms with Crippen molar-refractivity contribution in [2.75, 3.05) is 31.6 Å². The summed E-state index contributed by atoms with van der Waals surface area (Å²) in [5, 5.41) is 12.4. The largest absolute Gasteiger partial charge is 0.481 e. The molecule has 0 aliphatic carbocycles. The number of nitrogens with zero attached hydrogens (tertiary/aromatic N) is 3. The van der Waals surface area contributed by atoms with Gasteiger partial charge >= 0.3 is 5.97 Å². The highest BCUT2D eigenvalue weighted by atomic mass is 16.5. The Hall–Kier alpha value is -2.97. The molecule has 2 aromatic heterocycles. The van der Waals surface area contributed by atoms with Crippen LogP contribution in [0.15, 0.2) is 36.5 Å². The summed E-state index contributed by atoms with van der Waals surface area (Å²) in [6.45, 7) is 6.11. The molecule has 8 heteroatoms. The number of anilines is 1. The Labute approximate surface area is 188 Å². The second-order valence-corrected chi connectivity index (χ2v) is 9.06. The van der Waals surface area contributed by atoms with Crippen LogP contribution in [-0.4, -0.2) is 58.9 Å². The number of aromatic amines is 1. The van der Waals surface area contributed by atoms with Gasteiger partial charge in [-0.15, -0.1) is 0 Å². The molecule has 8 nitrogen and oxygen atoms in total. The molecule has 0 saturated carbocycles. The number of hydrogen-bond acceptors (Lipinski definition) is 6. The molecule has 1 aliphatic heterocycles. The molecule has 1 aromatic carbocycles. The SMILES string of the molecule is CNCc1ccc2nc(-c3ccc(N4CCC(OCC(C)(C)C(=O)O)CC4)nc3)[nH]c2c1. The number of piperidine rings is 1. The number of carboxylic acid groups (broad SMARTS) is 1. The van der Waals surface area contributed by atoms with E-state index >= 15 is 0 Å². The lowest BCUT2D eigenvalue weighted by molar-refractivity contribution is -0.152. The second kappa shape index (κ2) is 9.26. The van der Waals surface area contributed by atoms with E-state index < -0.39 is 11.4 Å². The number of carboxylic acids is 1. The lowest BCUT2D eigenvalue weighted by atomic mass is 9.95. The van der Waals surface area contributed by atoms with Gasteiger partial charge in [-0.25, -0.2) is 9.97 Å². The number of aliphatic carboxylic acids is 1. The molecule has 170 valence electrons. The average molecular weight is 438 g/mol. The quantitative estimate of drug-likeness (QED) is 0.496. The number of aromatic nitrogens is 3. The van der Waals surface area contributed by atoms with Crippen LogP contribution in [0.1, 0.15) is 32.3 Å². The van der Waals surface area contributed by atoms with Crippen molar-refractivity contribution in [2.45, 2.75) is 39.3 Å². The third-order valence-electron chi connectivity index (χ3n) is 5.97. The predicted octanol–water partition coefficient (Wildman–Crippen LogP) is 3.44. The van der Waals surface area contributed by atoms with Crippen LogP contribution in [0.2, 0.25) is 0 Å². The van der Waals surface area contributed by atoms with Gasteiger partial charge in [-0.3, -0.25) is 4.79 Å². The number of fused-ring (bicyclic) bond motifs is 1. The van der Waals surface area contributed by atoms with Gasteiger partial charge in [0.25, 0.3) is 0 Å². The van der Waals surface area contributed by atoms with E-state index in [9.17, 15) is 9.90 Å². The van der Waals surface area contributed by atoms with Gasteiger partial charge in [0, 0.05) is 31.4 Å². The summed E-state index contributed by atoms with van der Waals surface area (Å²) in [5.41, 5.74) is 3.26. The number of ether oxygens (including phenoxy) is 1. The van der Waals surface area contributed by atoms with Crippen LogP contribution in [-0.2, 0) is 16.1 Å². The van der Waals surface area contributed by atoms with Crippen molar-refractivity contribution in [3.05, 3.63) is 42.1 Å². The molecule has 32 heavy (non-hydrogen) atoms. The number of imidazole rings is 1. The van der Waals surface area contributed by atoms with E-state index in [1.807, 2.05) is 31.4 Å². The van der Waals surface area contributed by atoms with E-state index in [0.717, 1.165) is 60.7 Å².